The molecule has 0 saturated carbocycles. The third kappa shape index (κ3) is 13.4. The Labute approximate surface area is 246 Å². The van der Waals surface area contributed by atoms with Crippen LogP contribution in [-0.4, -0.2) is 54.2 Å². The van der Waals surface area contributed by atoms with E-state index < -0.39 is 21.5 Å². The molecule has 0 bridgehead atoms. The quantitative estimate of drug-likeness (QED) is 0.0891. The van der Waals surface area contributed by atoms with Gasteiger partial charge in [-0.25, -0.2) is 0 Å². The van der Waals surface area contributed by atoms with E-state index in [0.29, 0.717) is 0 Å². The van der Waals surface area contributed by atoms with E-state index in [0.717, 1.165) is 152 Å². The van der Waals surface area contributed by atoms with Crippen molar-refractivity contribution >= 4 is 21.5 Å². The van der Waals surface area contributed by atoms with Crippen LogP contribution in [0.4, 0.5) is 0 Å². The summed E-state index contributed by atoms with van der Waals surface area (Å²) in [5.41, 5.74) is 0. The third-order valence-electron chi connectivity index (χ3n) is 9.29. The van der Waals surface area contributed by atoms with E-state index in [2.05, 4.69) is 55.4 Å². The summed E-state index contributed by atoms with van der Waals surface area (Å²) in [6.07, 6.45) is 25.3. The van der Waals surface area contributed by atoms with Crippen molar-refractivity contribution in [3.8, 4) is 0 Å². The third-order valence-corrected chi connectivity index (χ3v) is 26.2. The fourth-order valence-corrected chi connectivity index (χ4v) is 26.0. The molecule has 0 spiro atoms. The van der Waals surface area contributed by atoms with Gasteiger partial charge in [0.25, 0.3) is 0 Å². The fourth-order valence-electron chi connectivity index (χ4n) is 6.73. The standard InChI is InChI=1S/C32H73O4P3/c1-9-17-25-38(26-18-10-2,27-19-11-3,28-20-12-4)35-37(33,34)36-39(29-21-13-5,30-22-14-6,31-23-15-7)32-24-16-8/h9-32H2,1-8H3,(H,33,34). The zero-order valence-electron chi connectivity index (χ0n) is 28.0. The van der Waals surface area contributed by atoms with Crippen molar-refractivity contribution in [3.05, 3.63) is 0 Å². The molecule has 0 rings (SSSR count). The first-order chi connectivity index (χ1) is 18.5. The van der Waals surface area contributed by atoms with Crippen LogP contribution in [0.25, 0.3) is 0 Å². The maximum absolute atomic E-state index is 14.7. The van der Waals surface area contributed by atoms with Crippen molar-refractivity contribution in [2.24, 2.45) is 0 Å². The van der Waals surface area contributed by atoms with Crippen LogP contribution >= 0.6 is 21.5 Å². The van der Waals surface area contributed by atoms with Crippen molar-refractivity contribution in [1.82, 2.24) is 0 Å². The predicted molar refractivity (Wildman–Crippen MR) is 184 cm³/mol. The molecule has 39 heavy (non-hydrogen) atoms. The minimum atomic E-state index is -4.27. The van der Waals surface area contributed by atoms with Crippen LogP contribution in [0.2, 0.25) is 0 Å². The van der Waals surface area contributed by atoms with Gasteiger partial charge in [0.2, 0.25) is 0 Å². The molecule has 0 aromatic carbocycles. The Morgan fingerprint density at radius 3 is 0.692 bits per heavy atom. The molecule has 0 amide bonds. The molecule has 4 nitrogen and oxygen atoms in total. The van der Waals surface area contributed by atoms with E-state index in [1.54, 1.807) is 0 Å². The first-order valence-corrected chi connectivity index (χ1v) is 24.6. The average molecular weight is 615 g/mol. The van der Waals surface area contributed by atoms with Gasteiger partial charge in [-0.3, -0.25) is 0 Å². The van der Waals surface area contributed by atoms with Gasteiger partial charge in [-0.2, -0.15) is 0 Å². The van der Waals surface area contributed by atoms with Gasteiger partial charge in [-0.05, 0) is 0 Å². The number of hydrogen-bond acceptors (Lipinski definition) is 3. The van der Waals surface area contributed by atoms with E-state index in [4.69, 9.17) is 8.62 Å². The Hall–Kier alpha value is 0.970. The molecule has 240 valence electrons. The monoisotopic (exact) mass is 614 g/mol. The number of rotatable bonds is 28. The zero-order chi connectivity index (χ0) is 29.8. The summed E-state index contributed by atoms with van der Waals surface area (Å²) in [6.45, 7) is 12.1. The van der Waals surface area contributed by atoms with E-state index >= 15 is 0 Å². The second-order valence-corrected chi connectivity index (χ2v) is 26.2. The van der Waals surface area contributed by atoms with Crippen molar-refractivity contribution < 1.29 is 18.1 Å². The van der Waals surface area contributed by atoms with Crippen LogP contribution in [0.3, 0.4) is 0 Å². The van der Waals surface area contributed by atoms with Gasteiger partial charge in [0.15, 0.2) is 0 Å². The molecule has 0 aromatic heterocycles. The van der Waals surface area contributed by atoms with E-state index in [1.807, 2.05) is 0 Å². The molecule has 0 atom stereocenters. The second kappa shape index (κ2) is 20.0. The Kier molecular flexibility index (Phi) is 20.5. The first kappa shape index (κ1) is 40.0. The molecule has 0 aromatic rings. The Balaban J connectivity index is 7.02. The topological polar surface area (TPSA) is 55.8 Å². The number of unbranched alkanes of at least 4 members (excludes halogenated alkanes) is 8. The molecule has 0 unspecified atom stereocenters. The Bertz CT molecular complexity index is 531. The van der Waals surface area contributed by atoms with Crippen molar-refractivity contribution in [2.45, 2.75) is 158 Å². The van der Waals surface area contributed by atoms with Crippen LogP contribution in [0, 0.1) is 0 Å². The molecule has 0 aliphatic rings. The molecule has 0 saturated heterocycles. The summed E-state index contributed by atoms with van der Waals surface area (Å²) in [6, 6.07) is 0. The molecule has 0 radical (unpaired) electrons. The molecular weight excluding hydrogens is 541 g/mol. The summed E-state index contributed by atoms with van der Waals surface area (Å²) in [7, 11) is -4.27. The maximum atomic E-state index is 14.7. The first-order valence-electron chi connectivity index (χ1n) is 17.3. The van der Waals surface area contributed by atoms with Gasteiger partial charge in [-0.1, -0.05) is 0 Å². The SMILES string of the molecule is CCCCP(CCCC)(CCCC)(CCCC)OP(=O)(O)OP(CCCC)(CCCC)(CCCC)CCCC. The minimum absolute atomic E-state index is 0.986. The van der Waals surface area contributed by atoms with E-state index in [9.17, 15) is 9.46 Å². The number of phosphoric acid groups is 1. The van der Waals surface area contributed by atoms with E-state index in [1.165, 1.54) is 0 Å². The van der Waals surface area contributed by atoms with Crippen molar-refractivity contribution in [3.63, 3.8) is 0 Å². The summed E-state index contributed by atoms with van der Waals surface area (Å²) in [5, 5.41) is 0. The fraction of sp³-hybridized carbons (Fsp3) is 1.00. The summed E-state index contributed by atoms with van der Waals surface area (Å²) < 4.78 is 28.9. The summed E-state index contributed by atoms with van der Waals surface area (Å²) in [5.74, 6) is 0. The summed E-state index contributed by atoms with van der Waals surface area (Å²) >= 11 is 0. The molecule has 1 N–H and O–H groups in total. The van der Waals surface area contributed by atoms with Gasteiger partial charge in [0.1, 0.15) is 0 Å². The van der Waals surface area contributed by atoms with E-state index in [-0.39, 0.29) is 0 Å². The van der Waals surface area contributed by atoms with Crippen molar-refractivity contribution in [1.29, 1.82) is 0 Å². The molecule has 0 aliphatic carbocycles. The Morgan fingerprint density at radius 1 is 0.410 bits per heavy atom. The predicted octanol–water partition coefficient (Wildman–Crippen LogP) is 12.5. The van der Waals surface area contributed by atoms with Crippen molar-refractivity contribution in [2.75, 3.05) is 49.3 Å². The molecular formula is C32H73O4P3. The molecule has 0 aliphatic heterocycles. The van der Waals surface area contributed by atoms with Gasteiger partial charge >= 0.3 is 247 Å². The second-order valence-electron chi connectivity index (χ2n) is 13.0. The van der Waals surface area contributed by atoms with Crippen LogP contribution in [-0.2, 0) is 13.2 Å². The molecule has 7 heteroatoms. The van der Waals surface area contributed by atoms with Crippen LogP contribution in [0.5, 0.6) is 0 Å². The normalized spacial score (nSPS) is 16.3. The molecule has 0 fully saturated rings. The van der Waals surface area contributed by atoms with Gasteiger partial charge < -0.3 is 0 Å². The molecule has 0 heterocycles. The van der Waals surface area contributed by atoms with Crippen LogP contribution in [0.15, 0.2) is 0 Å². The summed E-state index contributed by atoms with van der Waals surface area (Å²) in [4.78, 5) is 12.1. The average Bonchev–Trinajstić information content (AvgIpc) is 2.93. The van der Waals surface area contributed by atoms with Gasteiger partial charge in [0.05, 0.1) is 0 Å². The van der Waals surface area contributed by atoms with Crippen LogP contribution in [0.1, 0.15) is 158 Å². The Morgan fingerprint density at radius 2 is 0.564 bits per heavy atom. The number of hydrogen-bond donors (Lipinski definition) is 1. The van der Waals surface area contributed by atoms with Gasteiger partial charge in [-0.15, -0.1) is 0 Å². The van der Waals surface area contributed by atoms with Crippen LogP contribution < -0.4 is 0 Å². The zero-order valence-corrected chi connectivity index (χ0v) is 30.7. The van der Waals surface area contributed by atoms with Gasteiger partial charge in [0, 0.05) is 0 Å².